The van der Waals surface area contributed by atoms with Crippen LogP contribution in [0, 0.1) is 52.8 Å². The third-order valence-electron chi connectivity index (χ3n) is 9.98. The summed E-state index contributed by atoms with van der Waals surface area (Å²) in [5.74, 6) is 5.68. The molecule has 3 nitrogen and oxygen atoms in total. The molecule has 10 atom stereocenters. The van der Waals surface area contributed by atoms with Crippen molar-refractivity contribution in [2.75, 3.05) is 6.61 Å². The van der Waals surface area contributed by atoms with Crippen LogP contribution in [0.15, 0.2) is 23.8 Å². The maximum atomic E-state index is 12.0. The third kappa shape index (κ3) is 1.93. The first-order valence-electron chi connectivity index (χ1n) is 11.3. The molecule has 2 N–H and O–H groups in total. The topological polar surface area (TPSA) is 57.5 Å². The highest BCUT2D eigenvalue weighted by Gasteiger charge is 2.78. The molecule has 0 aliphatic heterocycles. The number of carbonyl (C=O) groups excluding carboxylic acids is 1. The van der Waals surface area contributed by atoms with E-state index in [1.165, 1.54) is 24.8 Å². The Morgan fingerprint density at radius 2 is 2.04 bits per heavy atom. The number of hydrogen-bond donors (Lipinski definition) is 2. The van der Waals surface area contributed by atoms with E-state index in [1.807, 2.05) is 12.2 Å². The number of hydrogen-bond acceptors (Lipinski definition) is 3. The van der Waals surface area contributed by atoms with E-state index in [1.54, 1.807) is 6.08 Å². The molecule has 0 aromatic rings. The molecule has 5 fully saturated rings. The van der Waals surface area contributed by atoms with Gasteiger partial charge in [0.2, 0.25) is 0 Å². The van der Waals surface area contributed by atoms with Crippen molar-refractivity contribution in [2.24, 2.45) is 52.8 Å². The van der Waals surface area contributed by atoms with Crippen molar-refractivity contribution in [1.82, 2.24) is 0 Å². The average Bonchev–Trinajstić information content (AvgIpc) is 3.58. The average molecular weight is 369 g/mol. The predicted molar refractivity (Wildman–Crippen MR) is 103 cm³/mol. The smallest absolute Gasteiger partial charge is 0.155 e. The van der Waals surface area contributed by atoms with Gasteiger partial charge in [0.15, 0.2) is 5.78 Å². The van der Waals surface area contributed by atoms with Crippen LogP contribution in [-0.2, 0) is 4.79 Å². The number of fused-ring (bicyclic) bond motifs is 10. The van der Waals surface area contributed by atoms with Gasteiger partial charge < -0.3 is 10.2 Å². The van der Waals surface area contributed by atoms with Crippen molar-refractivity contribution < 1.29 is 15.0 Å². The highest BCUT2D eigenvalue weighted by molar-refractivity contribution is 5.91. The number of aliphatic hydroxyl groups is 2. The van der Waals surface area contributed by atoms with Crippen LogP contribution in [-0.4, -0.2) is 28.2 Å². The van der Waals surface area contributed by atoms with Gasteiger partial charge in [-0.1, -0.05) is 24.6 Å². The number of ketones is 1. The zero-order valence-electron chi connectivity index (χ0n) is 16.3. The zero-order chi connectivity index (χ0) is 18.6. The number of carbonyl (C=O) groups is 1. The van der Waals surface area contributed by atoms with Crippen LogP contribution in [0.4, 0.5) is 0 Å². The molecule has 5 saturated carbocycles. The van der Waals surface area contributed by atoms with Crippen LogP contribution in [0.25, 0.3) is 0 Å². The lowest BCUT2D eigenvalue weighted by Crippen LogP contribution is -2.56. The Morgan fingerprint density at radius 3 is 2.81 bits per heavy atom. The zero-order valence-corrected chi connectivity index (χ0v) is 16.3. The van der Waals surface area contributed by atoms with Crippen LogP contribution >= 0.6 is 0 Å². The second-order valence-electron chi connectivity index (χ2n) is 10.5. The molecule has 6 aliphatic rings. The Balaban J connectivity index is 1.41. The van der Waals surface area contributed by atoms with E-state index in [9.17, 15) is 15.0 Å². The summed E-state index contributed by atoms with van der Waals surface area (Å²) >= 11 is 0. The van der Waals surface area contributed by atoms with E-state index in [2.05, 4.69) is 6.92 Å². The molecule has 6 rings (SSSR count). The van der Waals surface area contributed by atoms with Crippen molar-refractivity contribution >= 4 is 5.78 Å². The quantitative estimate of drug-likeness (QED) is 0.750. The van der Waals surface area contributed by atoms with Gasteiger partial charge in [-0.25, -0.2) is 0 Å². The summed E-state index contributed by atoms with van der Waals surface area (Å²) in [6, 6.07) is 0. The van der Waals surface area contributed by atoms with E-state index in [0.717, 1.165) is 43.4 Å². The summed E-state index contributed by atoms with van der Waals surface area (Å²) in [4.78, 5) is 12.0. The Bertz CT molecular complexity index is 753. The normalized spacial score (nSPS) is 57.3. The van der Waals surface area contributed by atoms with Crippen molar-refractivity contribution in [2.45, 2.75) is 57.5 Å². The summed E-state index contributed by atoms with van der Waals surface area (Å²) in [5.41, 5.74) is 0.808. The van der Waals surface area contributed by atoms with Gasteiger partial charge >= 0.3 is 0 Å². The molecule has 3 unspecified atom stereocenters. The molecule has 0 amide bonds. The van der Waals surface area contributed by atoms with E-state index in [0.29, 0.717) is 35.4 Å². The number of rotatable bonds is 3. The Kier molecular flexibility index (Phi) is 3.37. The molecule has 0 aromatic heterocycles. The monoisotopic (exact) mass is 368 g/mol. The number of aliphatic hydroxyl groups excluding tert-OH is 1. The van der Waals surface area contributed by atoms with Gasteiger partial charge in [-0.2, -0.15) is 0 Å². The van der Waals surface area contributed by atoms with Crippen LogP contribution in [0.5, 0.6) is 0 Å². The van der Waals surface area contributed by atoms with Crippen molar-refractivity contribution in [1.29, 1.82) is 0 Å². The van der Waals surface area contributed by atoms with Crippen LogP contribution < -0.4 is 0 Å². The molecule has 0 saturated heterocycles. The van der Waals surface area contributed by atoms with Gasteiger partial charge in [-0.15, -0.1) is 0 Å². The van der Waals surface area contributed by atoms with Crippen molar-refractivity contribution in [3.05, 3.63) is 23.8 Å². The maximum absolute atomic E-state index is 12.0. The minimum absolute atomic E-state index is 0.00621. The van der Waals surface area contributed by atoms with E-state index >= 15 is 0 Å². The Morgan fingerprint density at radius 1 is 1.19 bits per heavy atom. The Labute approximate surface area is 161 Å². The first-order chi connectivity index (χ1) is 13.1. The second-order valence-corrected chi connectivity index (χ2v) is 10.5. The molecule has 0 bridgehead atoms. The molecule has 0 aromatic carbocycles. The highest BCUT2D eigenvalue weighted by atomic mass is 16.3. The van der Waals surface area contributed by atoms with E-state index < -0.39 is 5.60 Å². The molecule has 146 valence electrons. The fourth-order valence-electron chi connectivity index (χ4n) is 9.03. The fraction of sp³-hybridized carbons (Fsp3) is 0.792. The van der Waals surface area contributed by atoms with Gasteiger partial charge in [0, 0.05) is 11.8 Å². The van der Waals surface area contributed by atoms with E-state index in [-0.39, 0.29) is 12.0 Å². The first-order valence-corrected chi connectivity index (χ1v) is 11.3. The third-order valence-corrected chi connectivity index (χ3v) is 9.98. The Hall–Kier alpha value is -0.930. The molecule has 3 heteroatoms. The van der Waals surface area contributed by atoms with Gasteiger partial charge in [-0.3, -0.25) is 4.79 Å². The van der Waals surface area contributed by atoms with Crippen LogP contribution in [0.1, 0.15) is 51.9 Å². The lowest BCUT2D eigenvalue weighted by Gasteiger charge is -2.58. The summed E-state index contributed by atoms with van der Waals surface area (Å²) in [7, 11) is 0. The van der Waals surface area contributed by atoms with Gasteiger partial charge in [-0.05, 0) is 91.9 Å². The van der Waals surface area contributed by atoms with Crippen molar-refractivity contribution in [3.8, 4) is 0 Å². The maximum Gasteiger partial charge on any atom is 0.155 e. The minimum atomic E-state index is -0.714. The molecule has 0 radical (unpaired) electrons. The van der Waals surface area contributed by atoms with Gasteiger partial charge in [0.1, 0.15) is 0 Å². The van der Waals surface area contributed by atoms with Crippen molar-refractivity contribution in [3.63, 3.8) is 0 Å². The standard InChI is InChI=1S/C24H32O3/c1-2-23-8-6-15-14-5-4-13(26)10-16(14)17-11-18(17)21(15)22(23)19-12-20(19)24(23,27)7-3-9-25/h3,7,10,14-15,17-22,25,27H,2,4-6,8-9,11-12H2,1H3/b7-3-/t14-,15?,17+,18+,19-,20+,21?,22?,23+,24+/m1/s1. The largest absolute Gasteiger partial charge is 0.392 e. The minimum Gasteiger partial charge on any atom is -0.392 e. The lowest BCUT2D eigenvalue weighted by molar-refractivity contribution is -0.130. The summed E-state index contributed by atoms with van der Waals surface area (Å²) in [5, 5.41) is 21.2. The van der Waals surface area contributed by atoms with Crippen LogP contribution in [0.2, 0.25) is 0 Å². The summed E-state index contributed by atoms with van der Waals surface area (Å²) in [6.07, 6.45) is 13.5. The summed E-state index contributed by atoms with van der Waals surface area (Å²) < 4.78 is 0. The predicted octanol–water partition coefficient (Wildman–Crippen LogP) is 3.51. The second kappa shape index (κ2) is 5.36. The summed E-state index contributed by atoms with van der Waals surface area (Å²) in [6.45, 7) is 2.30. The molecular formula is C24H32O3. The first kappa shape index (κ1) is 17.0. The van der Waals surface area contributed by atoms with E-state index in [4.69, 9.17) is 0 Å². The van der Waals surface area contributed by atoms with Gasteiger partial charge in [0.25, 0.3) is 0 Å². The molecule has 0 heterocycles. The molecule has 0 spiro atoms. The SMILES string of the molecule is CC[C@]12CCC3C(C1[C@@H]1C[C@@H]1[C@@]2(O)/C=C\CO)[C@H]1C[C@H]1C1=CC(=O)CC[C@@H]13. The number of allylic oxidation sites excluding steroid dienone is 1. The highest BCUT2D eigenvalue weighted by Crippen LogP contribution is 2.80. The fourth-order valence-corrected chi connectivity index (χ4v) is 9.03. The van der Waals surface area contributed by atoms with Gasteiger partial charge in [0.05, 0.1) is 12.2 Å². The molecule has 27 heavy (non-hydrogen) atoms. The molecule has 6 aliphatic carbocycles. The molecular weight excluding hydrogens is 336 g/mol. The lowest BCUT2D eigenvalue weighted by atomic mass is 9.47. The van der Waals surface area contributed by atoms with Crippen LogP contribution in [0.3, 0.4) is 0 Å².